The van der Waals surface area contributed by atoms with Crippen molar-refractivity contribution in [3.8, 4) is 0 Å². The van der Waals surface area contributed by atoms with Crippen LogP contribution in [-0.2, 0) is 19.1 Å². The number of esters is 2. The zero-order valence-corrected chi connectivity index (χ0v) is 15.5. The standard InChI is InChI=1S/C19H24FN3O4/c1-26-18(24)11-16(19(25)27-2)21-13-5-6-17(15(20)10-13)23-9-8-22-7-3-4-14(22)12-23/h5-6,10-11,14,21H,3-4,7-9,12H2,1-2H3/b16-11+. The molecule has 146 valence electrons. The second kappa shape index (κ2) is 8.39. The number of methoxy groups -OCH3 is 2. The highest BCUT2D eigenvalue weighted by atomic mass is 19.1. The molecule has 27 heavy (non-hydrogen) atoms. The Balaban J connectivity index is 1.74. The molecule has 7 nitrogen and oxygen atoms in total. The van der Waals surface area contributed by atoms with E-state index in [0.717, 1.165) is 38.7 Å². The van der Waals surface area contributed by atoms with Crippen LogP contribution in [0.5, 0.6) is 0 Å². The van der Waals surface area contributed by atoms with Gasteiger partial charge in [-0.1, -0.05) is 0 Å². The van der Waals surface area contributed by atoms with Gasteiger partial charge in [0.05, 0.1) is 26.0 Å². The number of carbonyl (C=O) groups excluding carboxylic acids is 2. The lowest BCUT2D eigenvalue weighted by atomic mass is 10.1. The van der Waals surface area contributed by atoms with E-state index in [1.54, 1.807) is 12.1 Å². The van der Waals surface area contributed by atoms with Crippen LogP contribution in [0, 0.1) is 5.82 Å². The molecule has 2 fully saturated rings. The van der Waals surface area contributed by atoms with E-state index in [1.807, 2.05) is 0 Å². The van der Waals surface area contributed by atoms with Crippen molar-refractivity contribution >= 4 is 23.3 Å². The Labute approximate surface area is 157 Å². The molecule has 0 saturated carbocycles. The largest absolute Gasteiger partial charge is 0.466 e. The second-order valence-corrected chi connectivity index (χ2v) is 6.64. The van der Waals surface area contributed by atoms with Crippen molar-refractivity contribution in [1.82, 2.24) is 4.90 Å². The number of hydrogen-bond acceptors (Lipinski definition) is 7. The van der Waals surface area contributed by atoms with Gasteiger partial charge in [-0.3, -0.25) is 4.90 Å². The van der Waals surface area contributed by atoms with Gasteiger partial charge in [0.2, 0.25) is 0 Å². The zero-order valence-electron chi connectivity index (χ0n) is 15.5. The number of anilines is 2. The van der Waals surface area contributed by atoms with E-state index in [4.69, 9.17) is 0 Å². The molecule has 0 bridgehead atoms. The lowest BCUT2D eigenvalue weighted by molar-refractivity contribution is -0.138. The quantitative estimate of drug-likeness (QED) is 0.619. The smallest absolute Gasteiger partial charge is 0.354 e. The molecule has 2 aliphatic rings. The molecule has 2 saturated heterocycles. The molecule has 1 aromatic rings. The number of fused-ring (bicyclic) bond motifs is 1. The predicted molar refractivity (Wildman–Crippen MR) is 98.9 cm³/mol. The van der Waals surface area contributed by atoms with Crippen LogP contribution < -0.4 is 10.2 Å². The van der Waals surface area contributed by atoms with Gasteiger partial charge in [-0.2, -0.15) is 0 Å². The van der Waals surface area contributed by atoms with E-state index in [9.17, 15) is 14.0 Å². The summed E-state index contributed by atoms with van der Waals surface area (Å²) in [7, 11) is 2.40. The number of ether oxygens (including phenoxy) is 2. The summed E-state index contributed by atoms with van der Waals surface area (Å²) >= 11 is 0. The minimum Gasteiger partial charge on any atom is -0.466 e. The van der Waals surface area contributed by atoms with Crippen molar-refractivity contribution in [3.05, 3.63) is 35.8 Å². The first kappa shape index (κ1) is 19.2. The Morgan fingerprint density at radius 3 is 2.74 bits per heavy atom. The van der Waals surface area contributed by atoms with Gasteiger partial charge >= 0.3 is 11.9 Å². The lowest BCUT2D eigenvalue weighted by Gasteiger charge is -2.39. The normalized spacial score (nSPS) is 20.2. The molecular formula is C19H24FN3O4. The number of hydrogen-bond donors (Lipinski definition) is 1. The maximum absolute atomic E-state index is 14.7. The Bertz CT molecular complexity index is 752. The van der Waals surface area contributed by atoms with Crippen LogP contribution in [0.25, 0.3) is 0 Å². The molecule has 2 aliphatic heterocycles. The van der Waals surface area contributed by atoms with Crippen molar-refractivity contribution in [1.29, 1.82) is 0 Å². The van der Waals surface area contributed by atoms with Crippen LogP contribution in [0.4, 0.5) is 15.8 Å². The Morgan fingerprint density at radius 2 is 2.04 bits per heavy atom. The van der Waals surface area contributed by atoms with Gasteiger partial charge in [0.15, 0.2) is 0 Å². The first-order valence-electron chi connectivity index (χ1n) is 8.95. The summed E-state index contributed by atoms with van der Waals surface area (Å²) in [5.74, 6) is -1.84. The van der Waals surface area contributed by atoms with Crippen LogP contribution in [0.3, 0.4) is 0 Å². The molecule has 0 aromatic heterocycles. The van der Waals surface area contributed by atoms with E-state index in [-0.39, 0.29) is 11.5 Å². The number of carbonyl (C=O) groups is 2. The third-order valence-electron chi connectivity index (χ3n) is 5.02. The average Bonchev–Trinajstić information content (AvgIpc) is 3.14. The molecule has 1 N–H and O–H groups in total. The monoisotopic (exact) mass is 377 g/mol. The fourth-order valence-corrected chi connectivity index (χ4v) is 3.64. The van der Waals surface area contributed by atoms with E-state index in [0.29, 0.717) is 17.4 Å². The number of nitrogens with one attached hydrogen (secondary N) is 1. The molecule has 0 radical (unpaired) electrons. The van der Waals surface area contributed by atoms with Crippen LogP contribution in [0.1, 0.15) is 12.8 Å². The van der Waals surface area contributed by atoms with Gasteiger partial charge in [-0.15, -0.1) is 0 Å². The van der Waals surface area contributed by atoms with Crippen LogP contribution in [0.2, 0.25) is 0 Å². The summed E-state index contributed by atoms with van der Waals surface area (Å²) in [5, 5.41) is 2.72. The van der Waals surface area contributed by atoms with Gasteiger partial charge in [-0.05, 0) is 37.6 Å². The van der Waals surface area contributed by atoms with Crippen molar-refractivity contribution in [3.63, 3.8) is 0 Å². The molecule has 0 amide bonds. The number of benzene rings is 1. The molecule has 1 unspecified atom stereocenters. The lowest BCUT2D eigenvalue weighted by Crippen LogP contribution is -2.50. The second-order valence-electron chi connectivity index (χ2n) is 6.64. The van der Waals surface area contributed by atoms with Gasteiger partial charge in [-0.25, -0.2) is 14.0 Å². The minimum absolute atomic E-state index is 0.129. The van der Waals surface area contributed by atoms with Crippen molar-refractivity contribution in [2.24, 2.45) is 0 Å². The highest BCUT2D eigenvalue weighted by Crippen LogP contribution is 2.29. The number of nitrogens with zero attached hydrogens (tertiary/aromatic N) is 2. The fourth-order valence-electron chi connectivity index (χ4n) is 3.64. The first-order chi connectivity index (χ1) is 13.0. The summed E-state index contributed by atoms with van der Waals surface area (Å²) in [5.41, 5.74) is 0.760. The zero-order chi connectivity index (χ0) is 19.4. The molecule has 2 heterocycles. The van der Waals surface area contributed by atoms with Gasteiger partial charge in [0.25, 0.3) is 0 Å². The molecule has 0 spiro atoms. The van der Waals surface area contributed by atoms with Crippen molar-refractivity contribution in [2.75, 3.05) is 50.6 Å². The Hall–Kier alpha value is -2.61. The summed E-state index contributed by atoms with van der Waals surface area (Å²) < 4.78 is 23.9. The van der Waals surface area contributed by atoms with E-state index >= 15 is 0 Å². The number of piperazine rings is 1. The minimum atomic E-state index is -0.748. The van der Waals surface area contributed by atoms with E-state index in [2.05, 4.69) is 24.6 Å². The highest BCUT2D eigenvalue weighted by molar-refractivity contribution is 5.98. The molecule has 1 aromatic carbocycles. The molecule has 1 atom stereocenters. The summed E-state index contributed by atoms with van der Waals surface area (Å²) in [6.45, 7) is 3.68. The van der Waals surface area contributed by atoms with Crippen molar-refractivity contribution < 1.29 is 23.5 Å². The van der Waals surface area contributed by atoms with Crippen LogP contribution >= 0.6 is 0 Å². The molecule has 8 heteroatoms. The van der Waals surface area contributed by atoms with Crippen LogP contribution in [-0.4, -0.2) is 63.3 Å². The predicted octanol–water partition coefficient (Wildman–Crippen LogP) is 1.75. The van der Waals surface area contributed by atoms with Gasteiger partial charge in [0.1, 0.15) is 11.5 Å². The maximum Gasteiger partial charge on any atom is 0.354 e. The summed E-state index contributed by atoms with van der Waals surface area (Å²) in [4.78, 5) is 27.8. The first-order valence-corrected chi connectivity index (χ1v) is 8.95. The molecular weight excluding hydrogens is 353 g/mol. The summed E-state index contributed by atoms with van der Waals surface area (Å²) in [6.07, 6.45) is 3.32. The third kappa shape index (κ3) is 4.39. The Kier molecular flexibility index (Phi) is 5.95. The Morgan fingerprint density at radius 1 is 1.22 bits per heavy atom. The molecule has 3 rings (SSSR count). The maximum atomic E-state index is 14.7. The highest BCUT2D eigenvalue weighted by Gasteiger charge is 2.31. The number of rotatable bonds is 5. The summed E-state index contributed by atoms with van der Waals surface area (Å²) in [6, 6.07) is 5.16. The van der Waals surface area contributed by atoms with Gasteiger partial charge < -0.3 is 19.7 Å². The average molecular weight is 377 g/mol. The van der Waals surface area contributed by atoms with Crippen LogP contribution in [0.15, 0.2) is 30.0 Å². The number of halogens is 1. The van der Waals surface area contributed by atoms with E-state index < -0.39 is 11.9 Å². The fraction of sp³-hybridized carbons (Fsp3) is 0.474. The van der Waals surface area contributed by atoms with Gasteiger partial charge in [0, 0.05) is 31.4 Å². The molecule has 0 aliphatic carbocycles. The van der Waals surface area contributed by atoms with Crippen molar-refractivity contribution in [2.45, 2.75) is 18.9 Å². The third-order valence-corrected chi connectivity index (χ3v) is 5.02. The topological polar surface area (TPSA) is 71.1 Å². The SMILES string of the molecule is COC(=O)/C=C(/Nc1ccc(N2CCN3CCCC3C2)c(F)c1)C(=O)OC. The van der Waals surface area contributed by atoms with E-state index in [1.165, 1.54) is 26.7 Å².